The molecule has 3 amide bonds. The van der Waals surface area contributed by atoms with Crippen molar-refractivity contribution in [3.8, 4) is 12.3 Å². The summed E-state index contributed by atoms with van der Waals surface area (Å²) in [5, 5.41) is 5.70. The van der Waals surface area contributed by atoms with Crippen LogP contribution < -0.4 is 10.6 Å². The first-order chi connectivity index (χ1) is 16.3. The van der Waals surface area contributed by atoms with Crippen LogP contribution in [0.25, 0.3) is 0 Å². The van der Waals surface area contributed by atoms with Crippen molar-refractivity contribution in [3.05, 3.63) is 35.4 Å². The molecule has 1 rings (SSSR count). The molecule has 0 aliphatic heterocycles. The lowest BCUT2D eigenvalue weighted by Crippen LogP contribution is -2.55. The number of unbranched alkanes of at least 4 members (excludes halogenated alkanes) is 1. The van der Waals surface area contributed by atoms with Gasteiger partial charge in [0.05, 0.1) is 0 Å². The van der Waals surface area contributed by atoms with Crippen molar-refractivity contribution in [1.82, 2.24) is 15.5 Å². The molecule has 194 valence electrons. The fourth-order valence-corrected chi connectivity index (χ4v) is 3.77. The van der Waals surface area contributed by atoms with Gasteiger partial charge in [-0.1, -0.05) is 51.3 Å². The molecule has 0 aliphatic rings. The first kappa shape index (κ1) is 30.0. The van der Waals surface area contributed by atoms with Gasteiger partial charge in [-0.25, -0.2) is 4.79 Å². The molecule has 1 aromatic rings. The Morgan fingerprint density at radius 2 is 1.74 bits per heavy atom. The summed E-state index contributed by atoms with van der Waals surface area (Å²) in [6.07, 6.45) is 7.22. The molecular weight excluding hydrogens is 442 g/mol. The number of rotatable bonds is 11. The van der Waals surface area contributed by atoms with E-state index in [-0.39, 0.29) is 23.8 Å². The van der Waals surface area contributed by atoms with Crippen molar-refractivity contribution in [2.75, 3.05) is 6.54 Å². The van der Waals surface area contributed by atoms with Gasteiger partial charge in [0.25, 0.3) is 0 Å². The highest BCUT2D eigenvalue weighted by Gasteiger charge is 2.38. The molecule has 0 heterocycles. The van der Waals surface area contributed by atoms with Gasteiger partial charge in [-0.3, -0.25) is 9.59 Å². The molecule has 2 unspecified atom stereocenters. The van der Waals surface area contributed by atoms with Crippen molar-refractivity contribution in [3.63, 3.8) is 0 Å². The Morgan fingerprint density at radius 3 is 2.26 bits per heavy atom. The largest absolute Gasteiger partial charge is 0.444 e. The van der Waals surface area contributed by atoms with E-state index in [9.17, 15) is 14.4 Å². The summed E-state index contributed by atoms with van der Waals surface area (Å²) in [6, 6.07) is 4.99. The highest BCUT2D eigenvalue weighted by molar-refractivity contribution is 5.92. The first-order valence-corrected chi connectivity index (χ1v) is 12.5. The lowest BCUT2D eigenvalue weighted by atomic mass is 9.95. The van der Waals surface area contributed by atoms with Crippen LogP contribution in [0.5, 0.6) is 0 Å². The normalized spacial score (nSPS) is 13.1. The minimum absolute atomic E-state index is 0.114. The maximum absolute atomic E-state index is 14.0. The molecule has 7 heteroatoms. The first-order valence-electron chi connectivity index (χ1n) is 12.5. The molecule has 0 saturated carbocycles. The summed E-state index contributed by atoms with van der Waals surface area (Å²) < 4.78 is 5.41. The van der Waals surface area contributed by atoms with Crippen molar-refractivity contribution in [2.24, 2.45) is 5.92 Å². The van der Waals surface area contributed by atoms with Crippen LogP contribution in [-0.2, 0) is 14.3 Å². The van der Waals surface area contributed by atoms with Crippen LogP contribution in [0.3, 0.4) is 0 Å². The highest BCUT2D eigenvalue weighted by atomic mass is 16.6. The SMILES string of the molecule is C#Cc1ccccc1C(C(=O)NCCCC)N(C(=O)C(CC(C)C)NC(=O)OC(C)(C)C)C(C)C. The van der Waals surface area contributed by atoms with E-state index in [1.54, 1.807) is 45.0 Å². The molecule has 0 aromatic heterocycles. The zero-order valence-corrected chi connectivity index (χ0v) is 22.6. The second-order valence-corrected chi connectivity index (χ2v) is 10.4. The summed E-state index contributed by atoms with van der Waals surface area (Å²) >= 11 is 0. The van der Waals surface area contributed by atoms with E-state index in [1.807, 2.05) is 34.6 Å². The lowest BCUT2D eigenvalue weighted by Gasteiger charge is -2.38. The van der Waals surface area contributed by atoms with E-state index >= 15 is 0 Å². The van der Waals surface area contributed by atoms with Gasteiger partial charge in [0, 0.05) is 18.2 Å². The maximum Gasteiger partial charge on any atom is 0.408 e. The minimum Gasteiger partial charge on any atom is -0.444 e. The van der Waals surface area contributed by atoms with Crippen LogP contribution in [0.4, 0.5) is 4.79 Å². The Morgan fingerprint density at radius 1 is 1.11 bits per heavy atom. The standard InChI is InChI=1S/C28H43N3O4/c1-10-12-17-29-25(32)24(22-16-14-13-15-21(22)11-2)31(20(5)6)26(33)23(18-19(3)4)30-27(34)35-28(7,8)9/h2,13-16,19-20,23-24H,10,12,17-18H2,1,3-9H3,(H,29,32)(H,30,34). The van der Waals surface area contributed by atoms with E-state index in [4.69, 9.17) is 11.2 Å². The van der Waals surface area contributed by atoms with Gasteiger partial charge in [0.1, 0.15) is 17.7 Å². The van der Waals surface area contributed by atoms with Crippen LogP contribution >= 0.6 is 0 Å². The molecule has 0 saturated heterocycles. The number of carbonyl (C=O) groups is 3. The Kier molecular flexibility index (Phi) is 11.8. The Bertz CT molecular complexity index is 896. The summed E-state index contributed by atoms with van der Waals surface area (Å²) in [6.45, 7) is 15.5. The number of hydrogen-bond acceptors (Lipinski definition) is 4. The summed E-state index contributed by atoms with van der Waals surface area (Å²) in [5.41, 5.74) is 0.412. The smallest absolute Gasteiger partial charge is 0.408 e. The van der Waals surface area contributed by atoms with Crippen LogP contribution in [0.15, 0.2) is 24.3 Å². The molecule has 0 spiro atoms. The average molecular weight is 486 g/mol. The van der Waals surface area contributed by atoms with Crippen molar-refractivity contribution < 1.29 is 19.1 Å². The van der Waals surface area contributed by atoms with Crippen LogP contribution in [-0.4, -0.2) is 47.0 Å². The number of carbonyl (C=O) groups excluding carboxylic acids is 3. The molecule has 2 N–H and O–H groups in total. The number of terminal acetylenes is 1. The molecule has 0 bridgehead atoms. The monoisotopic (exact) mass is 485 g/mol. The van der Waals surface area contributed by atoms with Gasteiger partial charge < -0.3 is 20.3 Å². The van der Waals surface area contributed by atoms with Crippen molar-refractivity contribution in [2.45, 2.75) is 98.4 Å². The number of ether oxygens (including phenoxy) is 1. The average Bonchev–Trinajstić information content (AvgIpc) is 2.74. The zero-order valence-electron chi connectivity index (χ0n) is 22.6. The van der Waals surface area contributed by atoms with Gasteiger partial charge >= 0.3 is 6.09 Å². The van der Waals surface area contributed by atoms with Crippen LogP contribution in [0.2, 0.25) is 0 Å². The van der Waals surface area contributed by atoms with Gasteiger partial charge in [0.2, 0.25) is 11.8 Å². The predicted molar refractivity (Wildman–Crippen MR) is 140 cm³/mol. The number of amides is 3. The number of nitrogens with zero attached hydrogens (tertiary/aromatic N) is 1. The molecule has 2 atom stereocenters. The number of alkyl carbamates (subject to hydrolysis) is 1. The highest BCUT2D eigenvalue weighted by Crippen LogP contribution is 2.28. The number of hydrogen-bond donors (Lipinski definition) is 2. The van der Waals surface area contributed by atoms with Gasteiger partial charge in [-0.2, -0.15) is 0 Å². The maximum atomic E-state index is 14.0. The third kappa shape index (κ3) is 9.64. The quantitative estimate of drug-likeness (QED) is 0.348. The number of nitrogens with one attached hydrogen (secondary N) is 2. The molecule has 0 aliphatic carbocycles. The molecule has 7 nitrogen and oxygen atoms in total. The molecular formula is C28H43N3O4. The molecule has 1 aromatic carbocycles. The van der Waals surface area contributed by atoms with E-state index in [1.165, 1.54) is 4.90 Å². The Balaban J connectivity index is 3.50. The van der Waals surface area contributed by atoms with E-state index in [0.29, 0.717) is 24.1 Å². The van der Waals surface area contributed by atoms with Gasteiger partial charge in [0.15, 0.2) is 0 Å². The zero-order chi connectivity index (χ0) is 26.8. The number of benzene rings is 1. The molecule has 35 heavy (non-hydrogen) atoms. The van der Waals surface area contributed by atoms with E-state index < -0.39 is 23.8 Å². The third-order valence-corrected chi connectivity index (χ3v) is 5.27. The summed E-state index contributed by atoms with van der Waals surface area (Å²) in [4.78, 5) is 41.6. The second-order valence-electron chi connectivity index (χ2n) is 10.4. The minimum atomic E-state index is -0.943. The van der Waals surface area contributed by atoms with Gasteiger partial charge in [-0.15, -0.1) is 6.42 Å². The lowest BCUT2D eigenvalue weighted by molar-refractivity contribution is -0.144. The Hall–Kier alpha value is -3.01. The van der Waals surface area contributed by atoms with E-state index in [0.717, 1.165) is 12.8 Å². The van der Waals surface area contributed by atoms with Crippen LogP contribution in [0.1, 0.15) is 91.8 Å². The molecule has 0 fully saturated rings. The van der Waals surface area contributed by atoms with Gasteiger partial charge in [-0.05, 0) is 65.0 Å². The fraction of sp³-hybridized carbons (Fsp3) is 0.607. The summed E-state index contributed by atoms with van der Waals surface area (Å²) in [7, 11) is 0. The topological polar surface area (TPSA) is 87.7 Å². The second kappa shape index (κ2) is 13.8. The Labute approximate surface area is 211 Å². The summed E-state index contributed by atoms with van der Waals surface area (Å²) in [5.74, 6) is 2.09. The van der Waals surface area contributed by atoms with Crippen LogP contribution in [0, 0.1) is 18.3 Å². The predicted octanol–water partition coefficient (Wildman–Crippen LogP) is 4.80. The molecule has 0 radical (unpaired) electrons. The van der Waals surface area contributed by atoms with Crippen molar-refractivity contribution >= 4 is 17.9 Å². The fourth-order valence-electron chi connectivity index (χ4n) is 3.77. The van der Waals surface area contributed by atoms with E-state index in [2.05, 4.69) is 16.6 Å². The van der Waals surface area contributed by atoms with Crippen molar-refractivity contribution in [1.29, 1.82) is 0 Å². The third-order valence-electron chi connectivity index (χ3n) is 5.27.